The van der Waals surface area contributed by atoms with Crippen molar-refractivity contribution in [1.29, 1.82) is 0 Å². The van der Waals surface area contributed by atoms with Crippen LogP contribution in [0, 0.1) is 16.2 Å². The van der Waals surface area contributed by atoms with Gasteiger partial charge in [-0.15, -0.1) is 0 Å². The molecule has 2 fully saturated rings. The van der Waals surface area contributed by atoms with Gasteiger partial charge in [-0.1, -0.05) is 78.6 Å². The number of alkyl halides is 1. The van der Waals surface area contributed by atoms with Gasteiger partial charge in [0.15, 0.2) is 11.6 Å². The molecule has 2 aromatic carbocycles. The van der Waals surface area contributed by atoms with Crippen molar-refractivity contribution in [3.05, 3.63) is 64.7 Å². The molecule has 2 aliphatic rings. The number of nitrogens with one attached hydrogen (secondary N) is 1. The zero-order valence-corrected chi connectivity index (χ0v) is 19.4. The maximum Gasteiger partial charge on any atom is 0.232 e. The molecule has 4 rings (SSSR count). The molecule has 0 aromatic heterocycles. The molecule has 0 aliphatic heterocycles. The van der Waals surface area contributed by atoms with Crippen molar-refractivity contribution in [3.8, 4) is 0 Å². The second-order valence-electron chi connectivity index (χ2n) is 8.99. The lowest BCUT2D eigenvalue weighted by molar-refractivity contribution is -0.130. The largest absolute Gasteiger partial charge is 0.325 e. The fraction of sp³-hybridized carbons (Fsp3) is 0.375. The fourth-order valence-corrected chi connectivity index (χ4v) is 6.93. The first-order valence-corrected chi connectivity index (χ1v) is 11.2. The topological polar surface area (TPSA) is 63.2 Å². The van der Waals surface area contributed by atoms with E-state index >= 15 is 0 Å². The Balaban J connectivity index is 1.73. The van der Waals surface area contributed by atoms with Crippen LogP contribution in [-0.4, -0.2) is 22.3 Å². The van der Waals surface area contributed by atoms with Crippen LogP contribution in [0.2, 0.25) is 5.02 Å². The highest BCUT2D eigenvalue weighted by molar-refractivity contribution is 9.10. The highest BCUT2D eigenvalue weighted by Gasteiger charge is 2.76. The van der Waals surface area contributed by atoms with Crippen LogP contribution in [0.15, 0.2) is 48.5 Å². The number of hydrogen-bond acceptors (Lipinski definition) is 3. The normalized spacial score (nSPS) is 29.1. The molecule has 0 unspecified atom stereocenters. The second kappa shape index (κ2) is 7.03. The lowest BCUT2D eigenvalue weighted by atomic mass is 9.64. The zero-order chi connectivity index (χ0) is 21.9. The molecule has 2 aliphatic carbocycles. The average Bonchev–Trinajstić information content (AvgIpc) is 3.00. The van der Waals surface area contributed by atoms with E-state index < -0.39 is 21.1 Å². The molecule has 0 radical (unpaired) electrons. The van der Waals surface area contributed by atoms with Crippen LogP contribution in [0.25, 0.3) is 0 Å². The summed E-state index contributed by atoms with van der Waals surface area (Å²) in [6.45, 7) is 5.95. The Bertz CT molecular complexity index is 1070. The summed E-state index contributed by atoms with van der Waals surface area (Å²) in [4.78, 5) is 39.2. The van der Waals surface area contributed by atoms with Crippen LogP contribution in [0.3, 0.4) is 0 Å². The number of benzene rings is 2. The van der Waals surface area contributed by atoms with Crippen molar-refractivity contribution in [3.63, 3.8) is 0 Å². The Morgan fingerprint density at radius 3 is 2.33 bits per heavy atom. The van der Waals surface area contributed by atoms with Gasteiger partial charge >= 0.3 is 0 Å². The predicted octanol–water partition coefficient (Wildman–Crippen LogP) is 5.67. The first kappa shape index (κ1) is 21.3. The molecule has 30 heavy (non-hydrogen) atoms. The monoisotopic (exact) mass is 487 g/mol. The van der Waals surface area contributed by atoms with E-state index in [-0.39, 0.29) is 17.5 Å². The van der Waals surface area contributed by atoms with E-state index in [0.717, 1.165) is 0 Å². The molecule has 3 atom stereocenters. The van der Waals surface area contributed by atoms with Gasteiger partial charge in [-0.25, -0.2) is 0 Å². The smallest absolute Gasteiger partial charge is 0.232 e. The summed E-state index contributed by atoms with van der Waals surface area (Å²) >= 11 is 9.70. The Morgan fingerprint density at radius 1 is 1.07 bits per heavy atom. The highest BCUT2D eigenvalue weighted by Crippen LogP contribution is 2.72. The lowest BCUT2D eigenvalue weighted by Gasteiger charge is -2.39. The summed E-state index contributed by atoms with van der Waals surface area (Å²) in [7, 11) is 0. The molecule has 2 aromatic rings. The molecule has 4 nitrogen and oxygen atoms in total. The molecule has 1 N–H and O–H groups in total. The van der Waals surface area contributed by atoms with Crippen LogP contribution < -0.4 is 5.32 Å². The molecule has 0 saturated heterocycles. The van der Waals surface area contributed by atoms with Crippen molar-refractivity contribution in [2.45, 2.75) is 38.4 Å². The highest BCUT2D eigenvalue weighted by atomic mass is 79.9. The summed E-state index contributed by atoms with van der Waals surface area (Å²) in [5.41, 5.74) is -0.724. The van der Waals surface area contributed by atoms with Crippen molar-refractivity contribution in [2.24, 2.45) is 16.2 Å². The van der Waals surface area contributed by atoms with Gasteiger partial charge in [-0.2, -0.15) is 0 Å². The standard InChI is InChI=1S/C24H23BrClNO3/c1-22(2)23(3)11-12-24(22,19(25)20(23)29)21(30)27-17-10-9-15(26)13-16(17)18(28)14-7-5-4-6-8-14/h4-10,13,19H,11-12H2,1-3H3,(H,27,30)/t19-,23+,24-/m1/s1. The number of anilines is 1. The van der Waals surface area contributed by atoms with Gasteiger partial charge in [0, 0.05) is 21.6 Å². The summed E-state index contributed by atoms with van der Waals surface area (Å²) in [5, 5.41) is 3.38. The molecule has 0 spiro atoms. The number of amides is 1. The first-order valence-electron chi connectivity index (χ1n) is 9.95. The quantitative estimate of drug-likeness (QED) is 0.445. The predicted molar refractivity (Wildman–Crippen MR) is 121 cm³/mol. The lowest BCUT2D eigenvalue weighted by Crippen LogP contribution is -2.48. The minimum absolute atomic E-state index is 0.0746. The Labute approximate surface area is 189 Å². The summed E-state index contributed by atoms with van der Waals surface area (Å²) < 4.78 is 0. The van der Waals surface area contributed by atoms with Gasteiger partial charge < -0.3 is 5.32 Å². The number of carbonyl (C=O) groups is 3. The SMILES string of the molecule is CC1(C)[C@@]2(C)CC[C@]1(C(=O)Nc1ccc(Cl)cc1C(=O)c1ccccc1)[C@H](Br)C2=O. The average molecular weight is 489 g/mol. The van der Waals surface area contributed by atoms with E-state index in [4.69, 9.17) is 11.6 Å². The van der Waals surface area contributed by atoms with Gasteiger partial charge in [0.2, 0.25) is 5.91 Å². The summed E-state index contributed by atoms with van der Waals surface area (Å²) in [5.74, 6) is -0.390. The van der Waals surface area contributed by atoms with E-state index in [1.165, 1.54) is 0 Å². The minimum atomic E-state index is -0.883. The van der Waals surface area contributed by atoms with Crippen LogP contribution in [0.5, 0.6) is 0 Å². The molecule has 1 amide bonds. The summed E-state index contributed by atoms with van der Waals surface area (Å²) in [6, 6.07) is 13.7. The third-order valence-corrected chi connectivity index (χ3v) is 9.07. The van der Waals surface area contributed by atoms with E-state index in [2.05, 4.69) is 21.2 Å². The number of hydrogen-bond donors (Lipinski definition) is 1. The molecular formula is C24H23BrClNO3. The number of halogens is 2. The van der Waals surface area contributed by atoms with E-state index in [9.17, 15) is 14.4 Å². The molecule has 156 valence electrons. The van der Waals surface area contributed by atoms with Crippen molar-refractivity contribution in [2.75, 3.05) is 5.32 Å². The third kappa shape index (κ3) is 2.68. The third-order valence-electron chi connectivity index (χ3n) is 7.64. The number of fused-ring (bicyclic) bond motifs is 2. The van der Waals surface area contributed by atoms with Gasteiger partial charge in [0.25, 0.3) is 0 Å². The van der Waals surface area contributed by atoms with Crippen molar-refractivity contribution >= 4 is 50.7 Å². The second-order valence-corrected chi connectivity index (χ2v) is 10.3. The van der Waals surface area contributed by atoms with Gasteiger partial charge in [0.05, 0.1) is 15.9 Å². The van der Waals surface area contributed by atoms with Gasteiger partial charge in [-0.3, -0.25) is 14.4 Å². The molecule has 6 heteroatoms. The van der Waals surface area contributed by atoms with Crippen LogP contribution in [0.4, 0.5) is 5.69 Å². The number of ketones is 2. The van der Waals surface area contributed by atoms with E-state index in [1.807, 2.05) is 26.8 Å². The maximum absolute atomic E-state index is 13.7. The van der Waals surface area contributed by atoms with Crippen molar-refractivity contribution < 1.29 is 14.4 Å². The number of Topliss-reactive ketones (excluding diaryl/α,β-unsaturated/α-hetero) is 1. The van der Waals surface area contributed by atoms with Gasteiger partial charge in [0.1, 0.15) is 0 Å². The summed E-state index contributed by atoms with van der Waals surface area (Å²) in [6.07, 6.45) is 1.28. The zero-order valence-electron chi connectivity index (χ0n) is 17.1. The van der Waals surface area contributed by atoms with E-state index in [0.29, 0.717) is 34.7 Å². The number of carbonyl (C=O) groups excluding carboxylic acids is 3. The van der Waals surface area contributed by atoms with Crippen molar-refractivity contribution in [1.82, 2.24) is 0 Å². The Hall–Kier alpha value is -1.98. The maximum atomic E-state index is 13.7. The van der Waals surface area contributed by atoms with Gasteiger partial charge in [-0.05, 0) is 36.5 Å². The Kier molecular flexibility index (Phi) is 4.98. The molecule has 2 saturated carbocycles. The van der Waals surface area contributed by atoms with Crippen LogP contribution in [-0.2, 0) is 9.59 Å². The fourth-order valence-electron chi connectivity index (χ4n) is 5.25. The van der Waals surface area contributed by atoms with Crippen LogP contribution in [0.1, 0.15) is 49.5 Å². The number of rotatable bonds is 4. The molecule has 0 heterocycles. The van der Waals surface area contributed by atoms with E-state index in [1.54, 1.807) is 42.5 Å². The Morgan fingerprint density at radius 2 is 1.73 bits per heavy atom. The minimum Gasteiger partial charge on any atom is -0.325 e. The van der Waals surface area contributed by atoms with Crippen LogP contribution >= 0.6 is 27.5 Å². The molecule has 2 bridgehead atoms. The molecular weight excluding hydrogens is 466 g/mol. The first-order chi connectivity index (χ1) is 14.1.